The lowest BCUT2D eigenvalue weighted by Gasteiger charge is -2.32. The molecule has 27 heavy (non-hydrogen) atoms. The molecule has 148 valence electrons. The fourth-order valence-corrected chi connectivity index (χ4v) is 3.25. The molecule has 1 heterocycles. The molecule has 2 amide bonds. The van der Waals surface area contributed by atoms with E-state index in [9.17, 15) is 14.4 Å². The Balaban J connectivity index is 1.92. The Morgan fingerprint density at radius 2 is 2.07 bits per heavy atom. The van der Waals surface area contributed by atoms with Crippen LogP contribution in [-0.4, -0.2) is 56.0 Å². The van der Waals surface area contributed by atoms with Gasteiger partial charge in [-0.15, -0.1) is 0 Å². The van der Waals surface area contributed by atoms with Gasteiger partial charge in [-0.2, -0.15) is 0 Å². The fourth-order valence-electron chi connectivity index (χ4n) is 3.25. The summed E-state index contributed by atoms with van der Waals surface area (Å²) >= 11 is 0. The molecule has 0 saturated carbocycles. The first-order valence-corrected chi connectivity index (χ1v) is 9.33. The summed E-state index contributed by atoms with van der Waals surface area (Å²) in [6.45, 7) is 5.17. The molecular weight excluding hydrogens is 348 g/mol. The second-order valence-electron chi connectivity index (χ2n) is 6.62. The maximum Gasteiger partial charge on any atom is 0.317 e. The summed E-state index contributed by atoms with van der Waals surface area (Å²) in [6.07, 6.45) is 1.68. The summed E-state index contributed by atoms with van der Waals surface area (Å²) in [4.78, 5) is 38.2. The van der Waals surface area contributed by atoms with E-state index in [1.165, 1.54) is 0 Å². The first-order valence-electron chi connectivity index (χ1n) is 9.33. The highest BCUT2D eigenvalue weighted by Gasteiger charge is 2.29. The van der Waals surface area contributed by atoms with Crippen LogP contribution in [0.2, 0.25) is 0 Å². The number of carbonyl (C=O) groups excluding carboxylic acids is 3. The van der Waals surface area contributed by atoms with E-state index >= 15 is 0 Å². The van der Waals surface area contributed by atoms with Crippen molar-refractivity contribution in [2.45, 2.75) is 33.1 Å². The van der Waals surface area contributed by atoms with Crippen LogP contribution < -0.4 is 10.1 Å². The number of amides is 2. The van der Waals surface area contributed by atoms with Crippen molar-refractivity contribution < 1.29 is 23.9 Å². The predicted octanol–water partition coefficient (Wildman–Crippen LogP) is 2.56. The summed E-state index contributed by atoms with van der Waals surface area (Å²) < 4.78 is 10.0. The van der Waals surface area contributed by atoms with Crippen LogP contribution in [-0.2, 0) is 9.53 Å². The molecule has 1 aliphatic rings. The van der Waals surface area contributed by atoms with Gasteiger partial charge in [0.15, 0.2) is 5.78 Å². The minimum atomic E-state index is -0.334. The number of likely N-dealkylation sites (tertiary alicyclic amines) is 1. The Kier molecular flexibility index (Phi) is 7.64. The van der Waals surface area contributed by atoms with E-state index < -0.39 is 0 Å². The first-order chi connectivity index (χ1) is 13.0. The predicted molar refractivity (Wildman–Crippen MR) is 101 cm³/mol. The standard InChI is InChI=1S/C20H28N2O5/c1-4-27-18(23)9-10-21-20(25)22-11-5-6-15(13-22)19(24)17-8-7-16(26-3)12-14(17)2/h7-8,12,15H,4-6,9-11,13H2,1-3H3,(H,21,25)/t15-/m0/s1. The summed E-state index contributed by atoms with van der Waals surface area (Å²) in [5.41, 5.74) is 1.54. The highest BCUT2D eigenvalue weighted by Crippen LogP contribution is 2.24. The lowest BCUT2D eigenvalue weighted by molar-refractivity contribution is -0.142. The maximum absolute atomic E-state index is 12.9. The third-order valence-electron chi connectivity index (χ3n) is 4.69. The number of carbonyl (C=O) groups is 3. The Bertz CT molecular complexity index is 689. The number of nitrogens with one attached hydrogen (secondary N) is 1. The van der Waals surface area contributed by atoms with Crippen molar-refractivity contribution in [2.24, 2.45) is 5.92 Å². The van der Waals surface area contributed by atoms with Gasteiger partial charge < -0.3 is 19.7 Å². The third kappa shape index (κ3) is 5.70. The van der Waals surface area contributed by atoms with Crippen molar-refractivity contribution >= 4 is 17.8 Å². The molecule has 0 bridgehead atoms. The number of methoxy groups -OCH3 is 1. The molecule has 1 fully saturated rings. The summed E-state index contributed by atoms with van der Waals surface area (Å²) in [5, 5.41) is 2.73. The second-order valence-corrected chi connectivity index (χ2v) is 6.62. The van der Waals surface area contributed by atoms with E-state index in [0.717, 1.165) is 24.2 Å². The molecule has 1 atom stereocenters. The second kappa shape index (κ2) is 9.94. The SMILES string of the molecule is CCOC(=O)CCNC(=O)N1CCC[C@H](C(=O)c2ccc(OC)cc2C)C1. The van der Waals surface area contributed by atoms with Crippen molar-refractivity contribution in [1.29, 1.82) is 0 Å². The van der Waals surface area contributed by atoms with Gasteiger partial charge in [0.2, 0.25) is 0 Å². The molecule has 0 aliphatic carbocycles. The molecule has 1 N–H and O–H groups in total. The largest absolute Gasteiger partial charge is 0.497 e. The van der Waals surface area contributed by atoms with E-state index in [4.69, 9.17) is 9.47 Å². The number of ether oxygens (including phenoxy) is 2. The average Bonchev–Trinajstić information content (AvgIpc) is 2.67. The average molecular weight is 376 g/mol. The Hall–Kier alpha value is -2.57. The van der Waals surface area contributed by atoms with Crippen LogP contribution >= 0.6 is 0 Å². The lowest BCUT2D eigenvalue weighted by Crippen LogP contribution is -2.47. The molecule has 1 aromatic carbocycles. The van der Waals surface area contributed by atoms with Crippen LogP contribution in [0.3, 0.4) is 0 Å². The molecule has 1 aliphatic heterocycles. The van der Waals surface area contributed by atoms with E-state index in [0.29, 0.717) is 25.3 Å². The number of nitrogens with zero attached hydrogens (tertiary/aromatic N) is 1. The van der Waals surface area contributed by atoms with Gasteiger partial charge in [0, 0.05) is 31.1 Å². The molecule has 0 spiro atoms. The van der Waals surface area contributed by atoms with Crippen LogP contribution in [0, 0.1) is 12.8 Å². The van der Waals surface area contributed by atoms with Gasteiger partial charge >= 0.3 is 12.0 Å². The van der Waals surface area contributed by atoms with Crippen LogP contribution in [0.4, 0.5) is 4.79 Å². The van der Waals surface area contributed by atoms with E-state index in [1.807, 2.05) is 13.0 Å². The smallest absolute Gasteiger partial charge is 0.317 e. The highest BCUT2D eigenvalue weighted by atomic mass is 16.5. The van der Waals surface area contributed by atoms with Gasteiger partial charge in [-0.1, -0.05) is 0 Å². The molecule has 2 rings (SSSR count). The zero-order chi connectivity index (χ0) is 19.8. The van der Waals surface area contributed by atoms with Crippen LogP contribution in [0.1, 0.15) is 42.1 Å². The monoisotopic (exact) mass is 376 g/mol. The number of piperidine rings is 1. The number of Topliss-reactive ketones (excluding diaryl/α,β-unsaturated/α-hetero) is 1. The van der Waals surface area contributed by atoms with Crippen molar-refractivity contribution in [3.63, 3.8) is 0 Å². The first kappa shape index (κ1) is 20.7. The van der Waals surface area contributed by atoms with Crippen LogP contribution in [0.5, 0.6) is 5.75 Å². The Morgan fingerprint density at radius 3 is 2.74 bits per heavy atom. The Morgan fingerprint density at radius 1 is 1.30 bits per heavy atom. The Labute approximate surface area is 160 Å². The van der Waals surface area contributed by atoms with E-state index in [2.05, 4.69) is 5.32 Å². The zero-order valence-electron chi connectivity index (χ0n) is 16.2. The fraction of sp³-hybridized carbons (Fsp3) is 0.550. The van der Waals surface area contributed by atoms with Gasteiger partial charge in [-0.05, 0) is 50.5 Å². The zero-order valence-corrected chi connectivity index (χ0v) is 16.2. The summed E-state index contributed by atoms with van der Waals surface area (Å²) in [7, 11) is 1.59. The molecule has 0 aromatic heterocycles. The third-order valence-corrected chi connectivity index (χ3v) is 4.69. The number of urea groups is 1. The molecule has 0 unspecified atom stereocenters. The van der Waals surface area contributed by atoms with Gasteiger partial charge in [0.25, 0.3) is 0 Å². The van der Waals surface area contributed by atoms with Gasteiger partial charge in [0.1, 0.15) is 5.75 Å². The highest BCUT2D eigenvalue weighted by molar-refractivity contribution is 5.99. The minimum absolute atomic E-state index is 0.0548. The lowest BCUT2D eigenvalue weighted by atomic mass is 9.88. The molecule has 7 nitrogen and oxygen atoms in total. The summed E-state index contributed by atoms with van der Waals surface area (Å²) in [5.74, 6) is 0.218. The van der Waals surface area contributed by atoms with Gasteiger partial charge in [-0.3, -0.25) is 9.59 Å². The number of benzene rings is 1. The summed E-state index contributed by atoms with van der Waals surface area (Å²) in [6, 6.07) is 5.16. The number of hydrogen-bond donors (Lipinski definition) is 1. The van der Waals surface area contributed by atoms with Crippen LogP contribution in [0.25, 0.3) is 0 Å². The molecular formula is C20H28N2O5. The number of esters is 1. The number of hydrogen-bond acceptors (Lipinski definition) is 5. The van der Waals surface area contributed by atoms with E-state index in [1.54, 1.807) is 31.1 Å². The topological polar surface area (TPSA) is 84.9 Å². The number of ketones is 1. The number of rotatable bonds is 7. The van der Waals surface area contributed by atoms with Gasteiger partial charge in [0.05, 0.1) is 20.1 Å². The number of aryl methyl sites for hydroxylation is 1. The molecule has 0 radical (unpaired) electrons. The van der Waals surface area contributed by atoms with Crippen LogP contribution in [0.15, 0.2) is 18.2 Å². The molecule has 1 saturated heterocycles. The molecule has 7 heteroatoms. The quantitative estimate of drug-likeness (QED) is 0.584. The molecule has 1 aromatic rings. The van der Waals surface area contributed by atoms with E-state index in [-0.39, 0.29) is 36.7 Å². The maximum atomic E-state index is 12.9. The van der Waals surface area contributed by atoms with Crippen molar-refractivity contribution in [3.8, 4) is 5.75 Å². The van der Waals surface area contributed by atoms with Crippen molar-refractivity contribution in [3.05, 3.63) is 29.3 Å². The van der Waals surface area contributed by atoms with Crippen molar-refractivity contribution in [1.82, 2.24) is 10.2 Å². The normalized spacial score (nSPS) is 16.6. The van der Waals surface area contributed by atoms with Gasteiger partial charge in [-0.25, -0.2) is 4.79 Å². The minimum Gasteiger partial charge on any atom is -0.497 e. The van der Waals surface area contributed by atoms with Crippen molar-refractivity contribution in [2.75, 3.05) is 33.4 Å².